The Hall–Kier alpha value is -2.63. The van der Waals surface area contributed by atoms with Crippen molar-refractivity contribution in [3.05, 3.63) is 70.8 Å². The molecule has 0 bridgehead atoms. The Balaban J connectivity index is 1.51. The molecule has 6 heteroatoms. The number of H-pyrrole nitrogens is 1. The fourth-order valence-electron chi connectivity index (χ4n) is 2.97. The molecule has 0 spiro atoms. The number of halogens is 1. The van der Waals surface area contributed by atoms with Crippen molar-refractivity contribution < 1.29 is 4.42 Å². The molecule has 1 N–H and O–H groups in total. The number of para-hydroxylation sites is 2. The minimum Gasteiger partial charge on any atom is -0.441 e. The van der Waals surface area contributed by atoms with Gasteiger partial charge >= 0.3 is 0 Å². The van der Waals surface area contributed by atoms with Crippen LogP contribution in [0.1, 0.15) is 17.3 Å². The second-order valence-corrected chi connectivity index (χ2v) is 6.78. The van der Waals surface area contributed by atoms with Crippen LogP contribution in [0.4, 0.5) is 0 Å². The first kappa shape index (κ1) is 16.8. The Labute approximate surface area is 156 Å². The molecule has 0 atom stereocenters. The molecular weight excluding hydrogens is 348 g/mol. The molecule has 0 aliphatic rings. The van der Waals surface area contributed by atoms with E-state index in [9.17, 15) is 0 Å². The van der Waals surface area contributed by atoms with Crippen LogP contribution in [0, 0.1) is 6.92 Å². The van der Waals surface area contributed by atoms with Crippen LogP contribution >= 0.6 is 11.6 Å². The molecule has 0 fully saturated rings. The molecule has 4 aromatic rings. The molecule has 26 heavy (non-hydrogen) atoms. The van der Waals surface area contributed by atoms with Crippen LogP contribution in [0.25, 0.3) is 22.5 Å². The number of fused-ring (bicyclic) bond motifs is 1. The van der Waals surface area contributed by atoms with Gasteiger partial charge in [-0.15, -0.1) is 0 Å². The second kappa shape index (κ2) is 6.94. The maximum absolute atomic E-state index is 6.25. The molecule has 0 aliphatic carbocycles. The molecule has 0 amide bonds. The van der Waals surface area contributed by atoms with Gasteiger partial charge in [0, 0.05) is 6.54 Å². The van der Waals surface area contributed by atoms with Gasteiger partial charge in [-0.25, -0.2) is 9.97 Å². The van der Waals surface area contributed by atoms with Crippen LogP contribution in [0.2, 0.25) is 5.02 Å². The summed E-state index contributed by atoms with van der Waals surface area (Å²) < 4.78 is 5.83. The molecule has 4 rings (SSSR count). The van der Waals surface area contributed by atoms with Crippen LogP contribution in [0.5, 0.6) is 0 Å². The van der Waals surface area contributed by atoms with Gasteiger partial charge in [-0.05, 0) is 38.2 Å². The lowest BCUT2D eigenvalue weighted by molar-refractivity contribution is 0.306. The highest BCUT2D eigenvalue weighted by molar-refractivity contribution is 6.33. The minimum absolute atomic E-state index is 0.556. The highest BCUT2D eigenvalue weighted by atomic mass is 35.5. The predicted octanol–water partition coefficient (Wildman–Crippen LogP) is 4.81. The van der Waals surface area contributed by atoms with Gasteiger partial charge in [0.15, 0.2) is 0 Å². The van der Waals surface area contributed by atoms with E-state index in [2.05, 4.69) is 19.9 Å². The van der Waals surface area contributed by atoms with Crippen LogP contribution < -0.4 is 0 Å². The fraction of sp³-hybridized carbons (Fsp3) is 0.200. The van der Waals surface area contributed by atoms with E-state index in [4.69, 9.17) is 16.0 Å². The van der Waals surface area contributed by atoms with Crippen LogP contribution in [0.15, 0.2) is 52.9 Å². The van der Waals surface area contributed by atoms with Crippen LogP contribution in [0.3, 0.4) is 0 Å². The van der Waals surface area contributed by atoms with Gasteiger partial charge in [-0.3, -0.25) is 4.90 Å². The van der Waals surface area contributed by atoms with E-state index in [1.54, 1.807) is 0 Å². The smallest absolute Gasteiger partial charge is 0.228 e. The monoisotopic (exact) mass is 366 g/mol. The van der Waals surface area contributed by atoms with Gasteiger partial charge in [0.05, 0.1) is 33.9 Å². The van der Waals surface area contributed by atoms with Crippen molar-refractivity contribution in [1.29, 1.82) is 0 Å². The number of aromatic nitrogens is 3. The highest BCUT2D eigenvalue weighted by Gasteiger charge is 2.15. The SMILES string of the molecule is Cc1oc(-c2ccccc2Cl)nc1CN(C)Cc1nc2ccccc2[nH]1. The average Bonchev–Trinajstić information content (AvgIpc) is 3.18. The summed E-state index contributed by atoms with van der Waals surface area (Å²) in [6.07, 6.45) is 0. The normalized spacial score (nSPS) is 11.5. The highest BCUT2D eigenvalue weighted by Crippen LogP contribution is 2.28. The summed E-state index contributed by atoms with van der Waals surface area (Å²) in [5.41, 5.74) is 3.74. The third kappa shape index (κ3) is 3.36. The van der Waals surface area contributed by atoms with Crippen LogP contribution in [-0.2, 0) is 13.1 Å². The number of aromatic amines is 1. The maximum Gasteiger partial charge on any atom is 0.228 e. The van der Waals surface area contributed by atoms with Crippen molar-refractivity contribution in [3.63, 3.8) is 0 Å². The second-order valence-electron chi connectivity index (χ2n) is 6.37. The third-order valence-electron chi connectivity index (χ3n) is 4.27. The number of hydrogen-bond donors (Lipinski definition) is 1. The zero-order valence-electron chi connectivity index (χ0n) is 14.7. The number of imidazole rings is 1. The predicted molar refractivity (Wildman–Crippen MR) is 103 cm³/mol. The topological polar surface area (TPSA) is 58.0 Å². The molecule has 132 valence electrons. The summed E-state index contributed by atoms with van der Waals surface area (Å²) in [5.74, 6) is 2.29. The quantitative estimate of drug-likeness (QED) is 0.550. The molecule has 2 aromatic carbocycles. The summed E-state index contributed by atoms with van der Waals surface area (Å²) >= 11 is 6.25. The first-order valence-electron chi connectivity index (χ1n) is 8.43. The summed E-state index contributed by atoms with van der Waals surface area (Å²) in [6, 6.07) is 15.6. The number of nitrogens with one attached hydrogen (secondary N) is 1. The van der Waals surface area contributed by atoms with E-state index >= 15 is 0 Å². The zero-order valence-corrected chi connectivity index (χ0v) is 15.4. The van der Waals surface area contributed by atoms with Crippen molar-refractivity contribution in [2.75, 3.05) is 7.05 Å². The molecule has 5 nitrogen and oxygen atoms in total. The number of nitrogens with zero attached hydrogens (tertiary/aromatic N) is 3. The van der Waals surface area contributed by atoms with Crippen molar-refractivity contribution in [2.24, 2.45) is 0 Å². The Kier molecular flexibility index (Phi) is 4.49. The molecule has 0 radical (unpaired) electrons. The number of benzene rings is 2. The molecule has 2 aromatic heterocycles. The van der Waals surface area contributed by atoms with Crippen molar-refractivity contribution >= 4 is 22.6 Å². The van der Waals surface area contributed by atoms with Gasteiger partial charge in [0.1, 0.15) is 11.6 Å². The van der Waals surface area contributed by atoms with Gasteiger partial charge in [-0.1, -0.05) is 35.9 Å². The molecule has 0 saturated carbocycles. The third-order valence-corrected chi connectivity index (χ3v) is 4.60. The largest absolute Gasteiger partial charge is 0.441 e. The maximum atomic E-state index is 6.25. The first-order chi connectivity index (χ1) is 12.6. The molecular formula is C20H19ClN4O. The molecule has 0 aliphatic heterocycles. The standard InChI is InChI=1S/C20H19ClN4O/c1-13-18(24-20(26-13)14-7-3-4-8-15(14)21)11-25(2)12-19-22-16-9-5-6-10-17(16)23-19/h3-10H,11-12H2,1-2H3,(H,22,23). The van der Waals surface area contributed by atoms with Crippen molar-refractivity contribution in [2.45, 2.75) is 20.0 Å². The Morgan fingerprint density at radius 3 is 2.62 bits per heavy atom. The Bertz CT molecular complexity index is 1020. The lowest BCUT2D eigenvalue weighted by Crippen LogP contribution is -2.18. The van der Waals surface area contributed by atoms with Gasteiger partial charge in [0.25, 0.3) is 0 Å². The van der Waals surface area contributed by atoms with E-state index in [0.717, 1.165) is 33.9 Å². The molecule has 0 unspecified atom stereocenters. The van der Waals surface area contributed by atoms with E-state index in [1.165, 1.54) is 0 Å². The van der Waals surface area contributed by atoms with E-state index in [0.29, 0.717) is 24.0 Å². The molecule has 2 heterocycles. The van der Waals surface area contributed by atoms with Crippen molar-refractivity contribution in [3.8, 4) is 11.5 Å². The van der Waals surface area contributed by atoms with Crippen molar-refractivity contribution in [1.82, 2.24) is 19.9 Å². The average molecular weight is 367 g/mol. The van der Waals surface area contributed by atoms with Gasteiger partial charge < -0.3 is 9.40 Å². The van der Waals surface area contributed by atoms with E-state index in [1.807, 2.05) is 62.5 Å². The number of oxazole rings is 1. The Morgan fingerprint density at radius 1 is 1.04 bits per heavy atom. The summed E-state index contributed by atoms with van der Waals surface area (Å²) in [5, 5.41) is 0.635. The number of hydrogen-bond acceptors (Lipinski definition) is 4. The minimum atomic E-state index is 0.556. The lowest BCUT2D eigenvalue weighted by Gasteiger charge is -2.13. The Morgan fingerprint density at radius 2 is 1.81 bits per heavy atom. The molecule has 0 saturated heterocycles. The van der Waals surface area contributed by atoms with Gasteiger partial charge in [0.2, 0.25) is 5.89 Å². The summed E-state index contributed by atoms with van der Waals surface area (Å²) in [6.45, 7) is 3.29. The first-order valence-corrected chi connectivity index (χ1v) is 8.81. The van der Waals surface area contributed by atoms with E-state index in [-0.39, 0.29) is 0 Å². The zero-order chi connectivity index (χ0) is 18.1. The number of rotatable bonds is 5. The fourth-order valence-corrected chi connectivity index (χ4v) is 3.19. The summed E-state index contributed by atoms with van der Waals surface area (Å²) in [4.78, 5) is 14.8. The lowest BCUT2D eigenvalue weighted by atomic mass is 10.2. The van der Waals surface area contributed by atoms with Crippen LogP contribution in [-0.4, -0.2) is 26.9 Å². The van der Waals surface area contributed by atoms with E-state index < -0.39 is 0 Å². The number of aryl methyl sites for hydroxylation is 1. The summed E-state index contributed by atoms with van der Waals surface area (Å²) in [7, 11) is 2.04. The van der Waals surface area contributed by atoms with Gasteiger partial charge in [-0.2, -0.15) is 0 Å².